The van der Waals surface area contributed by atoms with Crippen LogP contribution >= 0.6 is 23.1 Å². The van der Waals surface area contributed by atoms with Crippen molar-refractivity contribution in [2.75, 3.05) is 24.8 Å². The van der Waals surface area contributed by atoms with Crippen LogP contribution in [0.15, 0.2) is 70.2 Å². The van der Waals surface area contributed by atoms with E-state index < -0.39 is 12.0 Å². The Balaban J connectivity index is 1.52. The van der Waals surface area contributed by atoms with E-state index in [4.69, 9.17) is 9.47 Å². The van der Waals surface area contributed by atoms with E-state index in [9.17, 15) is 4.79 Å². The van der Waals surface area contributed by atoms with Crippen LogP contribution < -0.4 is 10.1 Å². The third kappa shape index (κ3) is 4.62. The summed E-state index contributed by atoms with van der Waals surface area (Å²) in [5.74, 6) is 1.00. The highest BCUT2D eigenvalue weighted by Gasteiger charge is 2.37. The molecule has 1 aliphatic heterocycles. The number of aromatic nitrogens is 6. The number of nitrogens with one attached hydrogen (secondary N) is 1. The van der Waals surface area contributed by atoms with Crippen molar-refractivity contribution < 1.29 is 14.3 Å². The number of rotatable bonds is 8. The van der Waals surface area contributed by atoms with Gasteiger partial charge in [0.25, 0.3) is 0 Å². The molecule has 0 bridgehead atoms. The molecule has 0 aliphatic carbocycles. The molecule has 0 spiro atoms. The molecule has 2 aromatic heterocycles. The number of thioether (sulfide) groups is 1. The molecule has 5 rings (SSSR count). The molecule has 1 N–H and O–H groups in total. The van der Waals surface area contributed by atoms with Crippen LogP contribution in [-0.4, -0.2) is 55.8 Å². The number of benzene rings is 2. The van der Waals surface area contributed by atoms with Gasteiger partial charge in [-0.05, 0) is 23.4 Å². The molecule has 12 heteroatoms. The van der Waals surface area contributed by atoms with Crippen LogP contribution in [0.5, 0.6) is 5.75 Å². The monoisotopic (exact) mass is 507 g/mol. The summed E-state index contributed by atoms with van der Waals surface area (Å²) < 4.78 is 13.4. The second-order valence-electron chi connectivity index (χ2n) is 7.36. The second-order valence-corrected chi connectivity index (χ2v) is 9.56. The summed E-state index contributed by atoms with van der Waals surface area (Å²) in [6.07, 6.45) is 0. The maximum absolute atomic E-state index is 13.2. The highest BCUT2D eigenvalue weighted by molar-refractivity contribution is 8.01. The van der Waals surface area contributed by atoms with Crippen LogP contribution in [-0.2, 0) is 9.53 Å². The average Bonchev–Trinajstić information content (AvgIpc) is 3.57. The summed E-state index contributed by atoms with van der Waals surface area (Å²) in [7, 11) is 1.59. The Bertz CT molecular complexity index is 1370. The van der Waals surface area contributed by atoms with E-state index in [2.05, 4.69) is 31.0 Å². The number of esters is 1. The molecule has 2 aromatic carbocycles. The van der Waals surface area contributed by atoms with Gasteiger partial charge in [0.1, 0.15) is 16.8 Å². The van der Waals surface area contributed by atoms with Gasteiger partial charge in [-0.3, -0.25) is 0 Å². The van der Waals surface area contributed by atoms with Gasteiger partial charge in [-0.25, -0.2) is 4.79 Å². The number of ether oxygens (including phenoxy) is 2. The summed E-state index contributed by atoms with van der Waals surface area (Å²) in [5, 5.41) is 24.7. The van der Waals surface area contributed by atoms with Crippen molar-refractivity contribution in [3.63, 3.8) is 0 Å². The first-order valence-electron chi connectivity index (χ1n) is 10.8. The van der Waals surface area contributed by atoms with Crippen molar-refractivity contribution in [2.45, 2.75) is 17.3 Å². The first kappa shape index (κ1) is 23.0. The minimum absolute atomic E-state index is 0.237. The van der Waals surface area contributed by atoms with Gasteiger partial charge in [0, 0.05) is 22.6 Å². The van der Waals surface area contributed by atoms with Crippen LogP contribution in [0.2, 0.25) is 0 Å². The summed E-state index contributed by atoms with van der Waals surface area (Å²) >= 11 is 2.97. The largest absolute Gasteiger partial charge is 0.496 e. The van der Waals surface area contributed by atoms with Crippen molar-refractivity contribution in [1.29, 1.82) is 0 Å². The van der Waals surface area contributed by atoms with E-state index in [1.54, 1.807) is 18.7 Å². The maximum atomic E-state index is 13.2. The number of carbonyl (C=O) groups is 1. The summed E-state index contributed by atoms with van der Waals surface area (Å²) in [4.78, 5) is 13.2. The predicted octanol–water partition coefficient (Wildman–Crippen LogP) is 3.82. The fraction of sp³-hybridized carbons (Fsp3) is 0.217. The zero-order chi connectivity index (χ0) is 24.2. The number of tetrazole rings is 1. The first-order valence-corrected chi connectivity index (χ1v) is 12.6. The normalized spacial score (nSPS) is 14.9. The molecule has 0 radical (unpaired) electrons. The lowest BCUT2D eigenvalue weighted by Crippen LogP contribution is -2.31. The van der Waals surface area contributed by atoms with Crippen molar-refractivity contribution in [3.05, 3.63) is 71.4 Å². The Hall–Kier alpha value is -3.77. The van der Waals surface area contributed by atoms with Crippen molar-refractivity contribution in [3.8, 4) is 16.3 Å². The highest BCUT2D eigenvalue weighted by atomic mass is 32.2. The molecule has 1 aliphatic rings. The minimum atomic E-state index is -0.624. The van der Waals surface area contributed by atoms with Gasteiger partial charge in [-0.1, -0.05) is 76.7 Å². The lowest BCUT2D eigenvalue weighted by Gasteiger charge is -2.29. The maximum Gasteiger partial charge on any atom is 0.338 e. The molecule has 3 heterocycles. The SMILES string of the molecule is CCOC(=O)C1=C(CSc2nnc(-c3ccccc3)s2)Nc2nnnn2C1c1ccccc1OC. The lowest BCUT2D eigenvalue weighted by molar-refractivity contribution is -0.139. The standard InChI is InChI=1S/C23H21N7O3S2/c1-3-33-21(31)18-16(13-34-23-27-25-20(35-23)14-9-5-4-6-10-14)24-22-26-28-29-30(22)19(18)15-11-7-8-12-17(15)32-2/h4-12,19H,3,13H2,1-2H3,(H,24,26,29). The summed E-state index contributed by atoms with van der Waals surface area (Å²) in [5.41, 5.74) is 2.81. The number of carbonyl (C=O) groups excluding carboxylic acids is 1. The fourth-order valence-electron chi connectivity index (χ4n) is 3.78. The zero-order valence-electron chi connectivity index (χ0n) is 18.9. The van der Waals surface area contributed by atoms with Crippen LogP contribution in [0.4, 0.5) is 5.95 Å². The smallest absolute Gasteiger partial charge is 0.338 e. The van der Waals surface area contributed by atoms with Gasteiger partial charge < -0.3 is 14.8 Å². The van der Waals surface area contributed by atoms with Gasteiger partial charge in [-0.15, -0.1) is 10.2 Å². The van der Waals surface area contributed by atoms with E-state index in [1.165, 1.54) is 23.1 Å². The Morgan fingerprint density at radius 3 is 2.71 bits per heavy atom. The molecule has 0 amide bonds. The molecule has 0 fully saturated rings. The van der Waals surface area contributed by atoms with Crippen LogP contribution in [0.3, 0.4) is 0 Å². The molecule has 178 valence electrons. The Labute approximate surface area is 209 Å². The van der Waals surface area contributed by atoms with Crippen LogP contribution in [0, 0.1) is 0 Å². The molecule has 1 unspecified atom stereocenters. The molecular weight excluding hydrogens is 486 g/mol. The van der Waals surface area contributed by atoms with Gasteiger partial charge in [0.15, 0.2) is 4.34 Å². The quantitative estimate of drug-likeness (QED) is 0.279. The highest BCUT2D eigenvalue weighted by Crippen LogP contribution is 2.40. The van der Waals surface area contributed by atoms with Crippen molar-refractivity contribution in [1.82, 2.24) is 30.4 Å². The second kappa shape index (κ2) is 10.2. The van der Waals surface area contributed by atoms with Gasteiger partial charge in [-0.2, -0.15) is 4.68 Å². The number of nitrogens with zero attached hydrogens (tertiary/aromatic N) is 6. The minimum Gasteiger partial charge on any atom is -0.496 e. The summed E-state index contributed by atoms with van der Waals surface area (Å²) in [6, 6.07) is 16.7. The van der Waals surface area contributed by atoms with Crippen LogP contribution in [0.1, 0.15) is 18.5 Å². The molecule has 0 saturated heterocycles. The Morgan fingerprint density at radius 2 is 1.91 bits per heavy atom. The molecule has 4 aromatic rings. The number of anilines is 1. The van der Waals surface area contributed by atoms with Crippen LogP contribution in [0.25, 0.3) is 10.6 Å². The topological polar surface area (TPSA) is 117 Å². The Kier molecular flexibility index (Phi) is 6.73. The van der Waals surface area contributed by atoms with Gasteiger partial charge in [0.05, 0.1) is 19.3 Å². The summed E-state index contributed by atoms with van der Waals surface area (Å²) in [6.45, 7) is 2.01. The van der Waals surface area contributed by atoms with Crippen molar-refractivity contribution in [2.24, 2.45) is 0 Å². The van der Waals surface area contributed by atoms with Crippen molar-refractivity contribution >= 4 is 35.0 Å². The number of para-hydroxylation sites is 1. The number of hydrogen-bond donors (Lipinski definition) is 1. The molecule has 35 heavy (non-hydrogen) atoms. The molecule has 10 nitrogen and oxygen atoms in total. The van der Waals surface area contributed by atoms with E-state index in [1.807, 2.05) is 54.6 Å². The van der Waals surface area contributed by atoms with E-state index in [0.29, 0.717) is 28.7 Å². The zero-order valence-corrected chi connectivity index (χ0v) is 20.5. The number of methoxy groups -OCH3 is 1. The number of fused-ring (bicyclic) bond motifs is 1. The van der Waals surface area contributed by atoms with E-state index in [0.717, 1.165) is 20.5 Å². The first-order chi connectivity index (χ1) is 17.2. The molecular formula is C23H21N7O3S2. The molecule has 0 saturated carbocycles. The van der Waals surface area contributed by atoms with Gasteiger partial charge in [0.2, 0.25) is 5.95 Å². The third-order valence-corrected chi connectivity index (χ3v) is 7.43. The van der Waals surface area contributed by atoms with Gasteiger partial charge >= 0.3 is 5.97 Å². The Morgan fingerprint density at radius 1 is 1.11 bits per heavy atom. The third-order valence-electron chi connectivity index (χ3n) is 5.29. The lowest BCUT2D eigenvalue weighted by atomic mass is 9.95. The molecule has 1 atom stereocenters. The number of hydrogen-bond acceptors (Lipinski definition) is 11. The van der Waals surface area contributed by atoms with E-state index >= 15 is 0 Å². The average molecular weight is 508 g/mol. The fourth-order valence-corrected chi connectivity index (χ4v) is 5.60. The predicted molar refractivity (Wildman–Crippen MR) is 132 cm³/mol. The van der Waals surface area contributed by atoms with E-state index in [-0.39, 0.29) is 6.61 Å².